The molecule has 1 aliphatic rings. The van der Waals surface area contributed by atoms with Crippen LogP contribution in [0.25, 0.3) is 0 Å². The molecule has 2 aromatic rings. The number of nitrogens with one attached hydrogen (secondary N) is 1. The summed E-state index contributed by atoms with van der Waals surface area (Å²) in [6.45, 7) is 1.61. The quantitative estimate of drug-likeness (QED) is 0.756. The number of carbonyl (C=O) groups excluding carboxylic acids is 2. The Bertz CT molecular complexity index is 771. The third kappa shape index (κ3) is 5.05. The number of thioether (sulfide) groups is 2. The second kappa shape index (κ2) is 9.14. The number of anilines is 1. The summed E-state index contributed by atoms with van der Waals surface area (Å²) in [5.74, 6) is 1.52. The zero-order valence-corrected chi connectivity index (χ0v) is 16.2. The first-order valence-corrected chi connectivity index (χ1v) is 10.6. The van der Waals surface area contributed by atoms with Gasteiger partial charge in [0.2, 0.25) is 0 Å². The van der Waals surface area contributed by atoms with Gasteiger partial charge in [-0.05, 0) is 54.2 Å². The van der Waals surface area contributed by atoms with Gasteiger partial charge < -0.3 is 10.1 Å². The Balaban J connectivity index is 1.51. The van der Waals surface area contributed by atoms with Crippen LogP contribution in [0, 0.1) is 6.92 Å². The monoisotopic (exact) mass is 387 g/mol. The van der Waals surface area contributed by atoms with E-state index in [0.29, 0.717) is 10.1 Å². The molecule has 1 amide bonds. The fourth-order valence-electron chi connectivity index (χ4n) is 2.57. The summed E-state index contributed by atoms with van der Waals surface area (Å²) in [7, 11) is 0. The van der Waals surface area contributed by atoms with E-state index in [1.807, 2.05) is 66.8 Å². The van der Waals surface area contributed by atoms with E-state index in [1.165, 1.54) is 23.5 Å². The predicted molar refractivity (Wildman–Crippen MR) is 109 cm³/mol. The molecule has 0 aromatic heterocycles. The number of para-hydroxylation sites is 1. The first-order valence-electron chi connectivity index (χ1n) is 8.49. The minimum atomic E-state index is -0.486. The van der Waals surface area contributed by atoms with Crippen molar-refractivity contribution < 1.29 is 14.3 Å². The standard InChI is InChI=1S/C20H21NO3S2/c1-14-5-2-3-6-17(14)21-18(22)13-24-19(23)15-7-9-16(10-8-15)20-25-11-4-12-26-20/h2-3,5-10,20H,4,11-13H2,1H3,(H,21,22). The van der Waals surface area contributed by atoms with E-state index >= 15 is 0 Å². The summed E-state index contributed by atoms with van der Waals surface area (Å²) < 4.78 is 5.56. The van der Waals surface area contributed by atoms with Crippen molar-refractivity contribution in [3.8, 4) is 0 Å². The normalized spacial score (nSPS) is 14.7. The van der Waals surface area contributed by atoms with E-state index in [9.17, 15) is 9.59 Å². The summed E-state index contributed by atoms with van der Waals surface area (Å²) in [6, 6.07) is 15.0. The zero-order valence-electron chi connectivity index (χ0n) is 14.6. The van der Waals surface area contributed by atoms with Crippen molar-refractivity contribution >= 4 is 41.1 Å². The van der Waals surface area contributed by atoms with Gasteiger partial charge >= 0.3 is 5.97 Å². The van der Waals surface area contributed by atoms with Gasteiger partial charge in [0.15, 0.2) is 6.61 Å². The van der Waals surface area contributed by atoms with Crippen molar-refractivity contribution in [3.05, 3.63) is 65.2 Å². The zero-order chi connectivity index (χ0) is 18.4. The highest BCUT2D eigenvalue weighted by Gasteiger charge is 2.17. The lowest BCUT2D eigenvalue weighted by Crippen LogP contribution is -2.21. The molecule has 6 heteroatoms. The largest absolute Gasteiger partial charge is 0.452 e. The van der Waals surface area contributed by atoms with Gasteiger partial charge in [-0.3, -0.25) is 4.79 Å². The molecule has 4 nitrogen and oxygen atoms in total. The molecular weight excluding hydrogens is 366 g/mol. The average Bonchev–Trinajstić information content (AvgIpc) is 2.69. The average molecular weight is 388 g/mol. The highest BCUT2D eigenvalue weighted by atomic mass is 32.2. The molecule has 26 heavy (non-hydrogen) atoms. The van der Waals surface area contributed by atoms with Gasteiger partial charge in [-0.25, -0.2) is 4.79 Å². The lowest BCUT2D eigenvalue weighted by atomic mass is 10.1. The predicted octanol–water partition coefficient (Wildman–Crippen LogP) is 4.66. The molecular formula is C20H21NO3S2. The topological polar surface area (TPSA) is 55.4 Å². The van der Waals surface area contributed by atoms with Gasteiger partial charge in [0.05, 0.1) is 10.1 Å². The number of hydrogen-bond donors (Lipinski definition) is 1. The number of hydrogen-bond acceptors (Lipinski definition) is 5. The number of amides is 1. The number of ether oxygens (including phenoxy) is 1. The molecule has 1 heterocycles. The van der Waals surface area contributed by atoms with Crippen LogP contribution in [0.1, 0.15) is 32.5 Å². The first-order chi connectivity index (χ1) is 12.6. The number of benzene rings is 2. The lowest BCUT2D eigenvalue weighted by Gasteiger charge is -2.21. The Morgan fingerprint density at radius 3 is 2.46 bits per heavy atom. The number of rotatable bonds is 5. The van der Waals surface area contributed by atoms with Crippen molar-refractivity contribution in [2.75, 3.05) is 23.4 Å². The van der Waals surface area contributed by atoms with Gasteiger partial charge in [0, 0.05) is 5.69 Å². The Morgan fingerprint density at radius 2 is 1.77 bits per heavy atom. The summed E-state index contributed by atoms with van der Waals surface area (Å²) in [4.78, 5) is 24.1. The maximum Gasteiger partial charge on any atom is 0.338 e. The molecule has 1 saturated heterocycles. The number of esters is 1. The van der Waals surface area contributed by atoms with Gasteiger partial charge in [-0.2, -0.15) is 0 Å². The molecule has 2 aromatic carbocycles. The Labute approximate surface area is 162 Å². The molecule has 1 fully saturated rings. The van der Waals surface area contributed by atoms with E-state index < -0.39 is 5.97 Å². The van der Waals surface area contributed by atoms with Gasteiger partial charge in [0.1, 0.15) is 0 Å². The third-order valence-corrected chi connectivity index (χ3v) is 7.01. The summed E-state index contributed by atoms with van der Waals surface area (Å²) >= 11 is 3.88. The van der Waals surface area contributed by atoms with Crippen molar-refractivity contribution in [1.29, 1.82) is 0 Å². The molecule has 0 aliphatic carbocycles. The Hall–Kier alpha value is -1.92. The minimum absolute atomic E-state index is 0.302. The SMILES string of the molecule is Cc1ccccc1NC(=O)COC(=O)c1ccc(C2SCCCS2)cc1. The molecule has 136 valence electrons. The Kier molecular flexibility index (Phi) is 6.63. The van der Waals surface area contributed by atoms with Crippen LogP contribution >= 0.6 is 23.5 Å². The third-order valence-electron chi connectivity index (χ3n) is 4.00. The molecule has 0 spiro atoms. The van der Waals surface area contributed by atoms with Crippen molar-refractivity contribution in [2.24, 2.45) is 0 Å². The van der Waals surface area contributed by atoms with E-state index in [2.05, 4.69) is 5.32 Å². The number of aryl methyl sites for hydroxylation is 1. The summed E-state index contributed by atoms with van der Waals surface area (Å²) in [6.07, 6.45) is 1.25. The van der Waals surface area contributed by atoms with Gasteiger partial charge in [0.25, 0.3) is 5.91 Å². The van der Waals surface area contributed by atoms with Crippen LogP contribution in [0.3, 0.4) is 0 Å². The van der Waals surface area contributed by atoms with Crippen LogP contribution < -0.4 is 5.32 Å². The molecule has 0 bridgehead atoms. The maximum atomic E-state index is 12.1. The molecule has 0 atom stereocenters. The van der Waals surface area contributed by atoms with Crippen molar-refractivity contribution in [2.45, 2.75) is 17.9 Å². The molecule has 3 rings (SSSR count). The van der Waals surface area contributed by atoms with Crippen molar-refractivity contribution in [3.63, 3.8) is 0 Å². The smallest absolute Gasteiger partial charge is 0.338 e. The summed E-state index contributed by atoms with van der Waals surface area (Å²) in [5.41, 5.74) is 3.36. The van der Waals surface area contributed by atoms with Crippen molar-refractivity contribution in [1.82, 2.24) is 0 Å². The summed E-state index contributed by atoms with van der Waals surface area (Å²) in [5, 5.41) is 2.75. The second-order valence-corrected chi connectivity index (χ2v) is 8.71. The van der Waals surface area contributed by atoms with Crippen LogP contribution in [-0.2, 0) is 9.53 Å². The fourth-order valence-corrected chi connectivity index (χ4v) is 5.46. The van der Waals surface area contributed by atoms with Crippen LogP contribution in [0.4, 0.5) is 5.69 Å². The maximum absolute atomic E-state index is 12.1. The second-order valence-electron chi connectivity index (χ2n) is 5.99. The van der Waals surface area contributed by atoms with Gasteiger partial charge in [-0.1, -0.05) is 30.3 Å². The number of carbonyl (C=O) groups is 2. The Morgan fingerprint density at radius 1 is 1.08 bits per heavy atom. The highest BCUT2D eigenvalue weighted by Crippen LogP contribution is 2.43. The van der Waals surface area contributed by atoms with Gasteiger partial charge in [-0.15, -0.1) is 23.5 Å². The molecule has 1 N–H and O–H groups in total. The van der Waals surface area contributed by atoms with Crippen LogP contribution in [0.5, 0.6) is 0 Å². The van der Waals surface area contributed by atoms with E-state index in [4.69, 9.17) is 4.74 Å². The molecule has 0 saturated carbocycles. The van der Waals surface area contributed by atoms with E-state index in [-0.39, 0.29) is 12.5 Å². The lowest BCUT2D eigenvalue weighted by molar-refractivity contribution is -0.119. The molecule has 1 aliphatic heterocycles. The van der Waals surface area contributed by atoms with Crippen LogP contribution in [-0.4, -0.2) is 30.0 Å². The van der Waals surface area contributed by atoms with E-state index in [0.717, 1.165) is 11.3 Å². The van der Waals surface area contributed by atoms with E-state index in [1.54, 1.807) is 12.1 Å². The molecule has 0 unspecified atom stereocenters. The van der Waals surface area contributed by atoms with Crippen LogP contribution in [0.2, 0.25) is 0 Å². The van der Waals surface area contributed by atoms with Crippen LogP contribution in [0.15, 0.2) is 48.5 Å². The first kappa shape index (κ1) is 18.9. The molecule has 0 radical (unpaired) electrons. The minimum Gasteiger partial charge on any atom is -0.452 e. The highest BCUT2D eigenvalue weighted by molar-refractivity contribution is 8.16. The fraction of sp³-hybridized carbons (Fsp3) is 0.300.